The second-order valence-electron chi connectivity index (χ2n) is 1.10. The van der Waals surface area contributed by atoms with Gasteiger partial charge in [0.1, 0.15) is 0 Å². The molecular weight excluding hydrogens is 167 g/mol. The standard InChI is InChI=1S/C2H8N2.C2H4O2.Co/c3-1-2-4;1-2(3)4;/h1-4H2;1H3,(H,3,4);. The van der Waals surface area contributed by atoms with Crippen LogP contribution in [0.1, 0.15) is 6.92 Å². The molecule has 0 fully saturated rings. The zero-order chi connectivity index (χ0) is 6.99. The second-order valence-corrected chi connectivity index (χ2v) is 1.10. The van der Waals surface area contributed by atoms with Gasteiger partial charge in [0.25, 0.3) is 5.97 Å². The van der Waals surface area contributed by atoms with Crippen molar-refractivity contribution in [1.29, 1.82) is 0 Å². The molecular formula is C4H12CoN2O2. The molecule has 0 aromatic heterocycles. The van der Waals surface area contributed by atoms with Crippen molar-refractivity contribution in [1.82, 2.24) is 0 Å². The molecule has 0 aliphatic rings. The third kappa shape index (κ3) is 342. The van der Waals surface area contributed by atoms with Crippen molar-refractivity contribution in [2.75, 3.05) is 13.1 Å². The number of rotatable bonds is 1. The fourth-order valence-electron chi connectivity index (χ4n) is 0. The number of nitrogens with two attached hydrogens (primary N) is 2. The molecule has 0 spiro atoms. The summed E-state index contributed by atoms with van der Waals surface area (Å²) in [7, 11) is 0. The Morgan fingerprint density at radius 2 is 1.56 bits per heavy atom. The Morgan fingerprint density at radius 1 is 1.44 bits per heavy atom. The summed E-state index contributed by atoms with van der Waals surface area (Å²) in [5.74, 6) is -0.833. The van der Waals surface area contributed by atoms with E-state index in [9.17, 15) is 0 Å². The fourth-order valence-corrected chi connectivity index (χ4v) is 0. The average molecular weight is 179 g/mol. The predicted octanol–water partition coefficient (Wildman–Crippen LogP) is -1.01. The average Bonchev–Trinajstić information content (AvgIpc) is 1.65. The van der Waals surface area contributed by atoms with Crippen molar-refractivity contribution in [2.24, 2.45) is 11.5 Å². The largest absolute Gasteiger partial charge is 0.481 e. The molecule has 4 nitrogen and oxygen atoms in total. The first-order chi connectivity index (χ1) is 3.65. The van der Waals surface area contributed by atoms with E-state index in [1.165, 1.54) is 0 Å². The normalized spacial score (nSPS) is 6.11. The Balaban J connectivity index is -0.0000000720. The molecule has 0 amide bonds. The minimum atomic E-state index is -0.833. The first kappa shape index (κ1) is 16.0. The molecule has 5 N–H and O–H groups in total. The SMILES string of the molecule is CC(=O)O.NCCN.[Co]. The van der Waals surface area contributed by atoms with E-state index in [0.717, 1.165) is 6.92 Å². The summed E-state index contributed by atoms with van der Waals surface area (Å²) in [5.41, 5.74) is 9.81. The van der Waals surface area contributed by atoms with Gasteiger partial charge in [0.2, 0.25) is 0 Å². The molecule has 0 atom stereocenters. The Morgan fingerprint density at radius 3 is 1.56 bits per heavy atom. The van der Waals surface area contributed by atoms with Crippen molar-refractivity contribution in [2.45, 2.75) is 6.92 Å². The van der Waals surface area contributed by atoms with E-state index in [0.29, 0.717) is 13.1 Å². The van der Waals surface area contributed by atoms with Crippen LogP contribution in [0, 0.1) is 0 Å². The summed E-state index contributed by atoms with van der Waals surface area (Å²) in [4.78, 5) is 9.00. The first-order valence-electron chi connectivity index (χ1n) is 2.24. The van der Waals surface area contributed by atoms with E-state index in [2.05, 4.69) is 0 Å². The number of hydrogen-bond donors (Lipinski definition) is 3. The summed E-state index contributed by atoms with van der Waals surface area (Å²) >= 11 is 0. The van der Waals surface area contributed by atoms with Crippen LogP contribution in [0.25, 0.3) is 0 Å². The van der Waals surface area contributed by atoms with Crippen LogP contribution < -0.4 is 11.5 Å². The van der Waals surface area contributed by atoms with Crippen LogP contribution in [-0.4, -0.2) is 24.2 Å². The van der Waals surface area contributed by atoms with Crippen LogP contribution in [0.15, 0.2) is 0 Å². The number of hydrogen-bond acceptors (Lipinski definition) is 3. The van der Waals surface area contributed by atoms with Crippen molar-refractivity contribution in [3.63, 3.8) is 0 Å². The zero-order valence-electron chi connectivity index (χ0n) is 5.26. The number of carboxylic acid groups (broad SMARTS) is 1. The molecule has 0 saturated carbocycles. The van der Waals surface area contributed by atoms with Crippen LogP contribution in [0.5, 0.6) is 0 Å². The Kier molecular flexibility index (Phi) is 27.8. The first-order valence-corrected chi connectivity index (χ1v) is 2.24. The molecule has 59 valence electrons. The molecule has 0 aliphatic heterocycles. The van der Waals surface area contributed by atoms with E-state index < -0.39 is 5.97 Å². The third-order valence-electron chi connectivity index (χ3n) is 0.167. The fraction of sp³-hybridized carbons (Fsp3) is 0.750. The smallest absolute Gasteiger partial charge is 0.300 e. The molecule has 5 heteroatoms. The van der Waals surface area contributed by atoms with Gasteiger partial charge in [0.05, 0.1) is 0 Å². The number of carboxylic acids is 1. The maximum atomic E-state index is 9.00. The van der Waals surface area contributed by atoms with Crippen LogP contribution in [0.3, 0.4) is 0 Å². The number of carbonyl (C=O) groups is 1. The maximum Gasteiger partial charge on any atom is 0.300 e. The van der Waals surface area contributed by atoms with Gasteiger partial charge >= 0.3 is 0 Å². The van der Waals surface area contributed by atoms with E-state index in [-0.39, 0.29) is 16.8 Å². The van der Waals surface area contributed by atoms with Crippen LogP contribution in [0.4, 0.5) is 0 Å². The topological polar surface area (TPSA) is 89.3 Å². The Bertz CT molecular complexity index is 54.5. The quantitative estimate of drug-likeness (QED) is 0.481. The molecule has 0 bridgehead atoms. The van der Waals surface area contributed by atoms with Gasteiger partial charge in [-0.1, -0.05) is 0 Å². The zero-order valence-corrected chi connectivity index (χ0v) is 6.30. The van der Waals surface area contributed by atoms with Crippen molar-refractivity contribution in [3.8, 4) is 0 Å². The van der Waals surface area contributed by atoms with Crippen LogP contribution >= 0.6 is 0 Å². The molecule has 0 aromatic carbocycles. The molecule has 0 saturated heterocycles. The minimum Gasteiger partial charge on any atom is -0.481 e. The molecule has 0 aromatic rings. The van der Waals surface area contributed by atoms with Crippen molar-refractivity contribution in [3.05, 3.63) is 0 Å². The van der Waals surface area contributed by atoms with Gasteiger partial charge in [-0.3, -0.25) is 4.79 Å². The van der Waals surface area contributed by atoms with E-state index in [1.54, 1.807) is 0 Å². The molecule has 0 heterocycles. The number of aliphatic carboxylic acids is 1. The van der Waals surface area contributed by atoms with E-state index >= 15 is 0 Å². The summed E-state index contributed by atoms with van der Waals surface area (Å²) in [5, 5.41) is 7.42. The predicted molar refractivity (Wildman–Crippen MR) is 31.4 cm³/mol. The molecule has 1 radical (unpaired) electrons. The van der Waals surface area contributed by atoms with Gasteiger partial charge in [0.15, 0.2) is 0 Å². The van der Waals surface area contributed by atoms with E-state index in [4.69, 9.17) is 21.4 Å². The Hall–Kier alpha value is -0.104. The van der Waals surface area contributed by atoms with E-state index in [1.807, 2.05) is 0 Å². The van der Waals surface area contributed by atoms with Gasteiger partial charge < -0.3 is 16.6 Å². The van der Waals surface area contributed by atoms with Gasteiger partial charge in [-0.15, -0.1) is 0 Å². The second kappa shape index (κ2) is 15.7. The van der Waals surface area contributed by atoms with Crippen molar-refractivity contribution >= 4 is 5.97 Å². The van der Waals surface area contributed by atoms with Gasteiger partial charge in [-0.05, 0) is 0 Å². The van der Waals surface area contributed by atoms with Gasteiger partial charge in [-0.25, -0.2) is 0 Å². The van der Waals surface area contributed by atoms with Gasteiger partial charge in [0, 0.05) is 36.8 Å². The summed E-state index contributed by atoms with van der Waals surface area (Å²) in [6.07, 6.45) is 0. The molecule has 0 unspecified atom stereocenters. The summed E-state index contributed by atoms with van der Waals surface area (Å²) in [6, 6.07) is 0. The van der Waals surface area contributed by atoms with Gasteiger partial charge in [-0.2, -0.15) is 0 Å². The molecule has 9 heavy (non-hydrogen) atoms. The minimum absolute atomic E-state index is 0. The van der Waals surface area contributed by atoms with Crippen LogP contribution in [0.2, 0.25) is 0 Å². The Labute approximate surface area is 64.8 Å². The molecule has 0 aliphatic carbocycles. The monoisotopic (exact) mass is 179 g/mol. The van der Waals surface area contributed by atoms with Crippen LogP contribution in [-0.2, 0) is 21.6 Å². The molecule has 0 rings (SSSR count). The maximum absolute atomic E-state index is 9.00. The third-order valence-corrected chi connectivity index (χ3v) is 0.167. The van der Waals surface area contributed by atoms with Crippen molar-refractivity contribution < 1.29 is 26.7 Å². The summed E-state index contributed by atoms with van der Waals surface area (Å²) in [6.45, 7) is 2.28. The summed E-state index contributed by atoms with van der Waals surface area (Å²) < 4.78 is 0.